The van der Waals surface area contributed by atoms with Crippen molar-refractivity contribution in [2.24, 2.45) is 5.73 Å². The molecule has 2 aromatic rings. The van der Waals surface area contributed by atoms with E-state index in [1.54, 1.807) is 13.0 Å². The number of carbonyl (C=O) groups is 1. The van der Waals surface area contributed by atoms with Gasteiger partial charge in [0.1, 0.15) is 5.58 Å². The molecule has 0 spiro atoms. The van der Waals surface area contributed by atoms with E-state index in [0.717, 1.165) is 5.39 Å². The lowest BCUT2D eigenvalue weighted by Crippen LogP contribution is -2.08. The van der Waals surface area contributed by atoms with Crippen LogP contribution in [0.3, 0.4) is 0 Å². The summed E-state index contributed by atoms with van der Waals surface area (Å²) in [5.41, 5.74) is 6.99. The van der Waals surface area contributed by atoms with E-state index in [1.807, 2.05) is 18.2 Å². The minimum absolute atomic E-state index is 0.213. The summed E-state index contributed by atoms with van der Waals surface area (Å²) >= 11 is 0. The molecule has 16 heavy (non-hydrogen) atoms. The number of nitrogens with two attached hydrogens (primary N) is 1. The van der Waals surface area contributed by atoms with Crippen molar-refractivity contribution in [3.8, 4) is 0 Å². The van der Waals surface area contributed by atoms with Crippen molar-refractivity contribution in [3.05, 3.63) is 35.6 Å². The molecular formula is C12H13NO3. The lowest BCUT2D eigenvalue weighted by molar-refractivity contribution is 0.0491. The van der Waals surface area contributed by atoms with Gasteiger partial charge in [0.05, 0.1) is 6.61 Å². The Kier molecular flexibility index (Phi) is 2.92. The van der Waals surface area contributed by atoms with Crippen molar-refractivity contribution in [3.63, 3.8) is 0 Å². The Labute approximate surface area is 93.0 Å². The minimum Gasteiger partial charge on any atom is -0.460 e. The Morgan fingerprint density at radius 1 is 1.44 bits per heavy atom. The highest BCUT2D eigenvalue weighted by molar-refractivity contribution is 5.96. The molecule has 0 saturated heterocycles. The molecule has 0 atom stereocenters. The summed E-state index contributed by atoms with van der Waals surface area (Å²) in [6, 6.07) is 7.41. The molecule has 1 heterocycles. The summed E-state index contributed by atoms with van der Waals surface area (Å²) in [6.07, 6.45) is 0. The smallest absolute Gasteiger partial charge is 0.374 e. The Morgan fingerprint density at radius 2 is 2.19 bits per heavy atom. The lowest BCUT2D eigenvalue weighted by Gasteiger charge is -1.99. The van der Waals surface area contributed by atoms with Gasteiger partial charge in [-0.3, -0.25) is 0 Å². The van der Waals surface area contributed by atoms with E-state index in [-0.39, 0.29) is 12.3 Å². The first-order valence-corrected chi connectivity index (χ1v) is 5.15. The average molecular weight is 219 g/mol. The van der Waals surface area contributed by atoms with Gasteiger partial charge in [-0.2, -0.15) is 0 Å². The van der Waals surface area contributed by atoms with Crippen LogP contribution < -0.4 is 5.73 Å². The summed E-state index contributed by atoms with van der Waals surface area (Å²) in [7, 11) is 0. The molecule has 1 aromatic carbocycles. The minimum atomic E-state index is -0.459. The van der Waals surface area contributed by atoms with Gasteiger partial charge in [0.25, 0.3) is 0 Å². The fourth-order valence-electron chi connectivity index (χ4n) is 1.66. The van der Waals surface area contributed by atoms with Crippen LogP contribution >= 0.6 is 0 Å². The molecule has 4 heteroatoms. The second-order valence-corrected chi connectivity index (χ2v) is 3.33. The maximum absolute atomic E-state index is 11.6. The molecule has 0 aliphatic heterocycles. The molecule has 2 rings (SSSR count). The summed E-state index contributed by atoms with van der Waals surface area (Å²) in [5, 5.41) is 0.869. The summed E-state index contributed by atoms with van der Waals surface area (Å²) in [5.74, 6) is -0.246. The van der Waals surface area contributed by atoms with Crippen molar-refractivity contribution < 1.29 is 13.9 Å². The molecule has 0 unspecified atom stereocenters. The van der Waals surface area contributed by atoms with E-state index >= 15 is 0 Å². The van der Waals surface area contributed by atoms with Crippen LogP contribution in [0.4, 0.5) is 0 Å². The Morgan fingerprint density at radius 3 is 2.88 bits per heavy atom. The van der Waals surface area contributed by atoms with Gasteiger partial charge in [-0.25, -0.2) is 4.79 Å². The van der Waals surface area contributed by atoms with Crippen molar-refractivity contribution in [2.45, 2.75) is 13.5 Å². The van der Waals surface area contributed by atoms with E-state index in [1.165, 1.54) is 0 Å². The highest BCUT2D eigenvalue weighted by Crippen LogP contribution is 2.25. The number of esters is 1. The topological polar surface area (TPSA) is 65.5 Å². The van der Waals surface area contributed by atoms with E-state index in [9.17, 15) is 4.79 Å². The van der Waals surface area contributed by atoms with Crippen LogP contribution in [0.1, 0.15) is 23.0 Å². The van der Waals surface area contributed by atoms with E-state index < -0.39 is 5.97 Å². The standard InChI is InChI=1S/C12H13NO3/c1-2-15-12(14)11-9(7-13)8-5-3-4-6-10(8)16-11/h3-6H,2,7,13H2,1H3. The number of ether oxygens (including phenoxy) is 1. The van der Waals surface area contributed by atoms with Crippen molar-refractivity contribution >= 4 is 16.9 Å². The third kappa shape index (κ3) is 1.67. The van der Waals surface area contributed by atoms with Crippen LogP contribution in [0.15, 0.2) is 28.7 Å². The number of para-hydroxylation sites is 1. The fourth-order valence-corrected chi connectivity index (χ4v) is 1.66. The molecule has 0 aliphatic rings. The molecule has 4 nitrogen and oxygen atoms in total. The molecule has 84 valence electrons. The molecule has 0 aliphatic carbocycles. The van der Waals surface area contributed by atoms with Crippen LogP contribution in [-0.2, 0) is 11.3 Å². The molecule has 1 aromatic heterocycles. The van der Waals surface area contributed by atoms with Gasteiger partial charge in [0, 0.05) is 17.5 Å². The van der Waals surface area contributed by atoms with E-state index in [2.05, 4.69) is 0 Å². The van der Waals surface area contributed by atoms with Gasteiger partial charge in [-0.05, 0) is 13.0 Å². The van der Waals surface area contributed by atoms with Crippen LogP contribution in [0.2, 0.25) is 0 Å². The van der Waals surface area contributed by atoms with Crippen molar-refractivity contribution in [1.82, 2.24) is 0 Å². The van der Waals surface area contributed by atoms with Crippen LogP contribution in [0.5, 0.6) is 0 Å². The SMILES string of the molecule is CCOC(=O)c1oc2ccccc2c1CN. The van der Waals surface area contributed by atoms with Gasteiger partial charge in [0.15, 0.2) is 0 Å². The molecule has 0 saturated carbocycles. The van der Waals surface area contributed by atoms with E-state index in [0.29, 0.717) is 17.8 Å². The summed E-state index contributed by atoms with van der Waals surface area (Å²) in [4.78, 5) is 11.6. The largest absolute Gasteiger partial charge is 0.460 e. The van der Waals surface area contributed by atoms with Gasteiger partial charge >= 0.3 is 5.97 Å². The van der Waals surface area contributed by atoms with Crippen molar-refractivity contribution in [2.75, 3.05) is 6.61 Å². The van der Waals surface area contributed by atoms with Crippen LogP contribution in [0, 0.1) is 0 Å². The number of hydrogen-bond acceptors (Lipinski definition) is 4. The maximum atomic E-state index is 11.6. The molecule has 0 bridgehead atoms. The number of rotatable bonds is 3. The van der Waals surface area contributed by atoms with Crippen LogP contribution in [-0.4, -0.2) is 12.6 Å². The molecule has 0 amide bonds. The summed E-state index contributed by atoms with van der Waals surface area (Å²) in [6.45, 7) is 2.33. The molecular weight excluding hydrogens is 206 g/mol. The first-order valence-electron chi connectivity index (χ1n) is 5.15. The first kappa shape index (κ1) is 10.7. The Hall–Kier alpha value is -1.81. The zero-order chi connectivity index (χ0) is 11.5. The normalized spacial score (nSPS) is 10.6. The number of hydrogen-bond donors (Lipinski definition) is 1. The van der Waals surface area contributed by atoms with Gasteiger partial charge in [-0.1, -0.05) is 18.2 Å². The lowest BCUT2D eigenvalue weighted by atomic mass is 10.1. The van der Waals surface area contributed by atoms with Crippen molar-refractivity contribution in [1.29, 1.82) is 0 Å². The highest BCUT2D eigenvalue weighted by atomic mass is 16.5. The Bertz CT molecular complexity index is 516. The molecule has 0 radical (unpaired) electrons. The zero-order valence-corrected chi connectivity index (χ0v) is 9.03. The van der Waals surface area contributed by atoms with Gasteiger partial charge < -0.3 is 14.9 Å². The maximum Gasteiger partial charge on any atom is 0.374 e. The number of carbonyl (C=O) groups excluding carboxylic acids is 1. The fraction of sp³-hybridized carbons (Fsp3) is 0.250. The third-order valence-corrected chi connectivity index (χ3v) is 2.36. The van der Waals surface area contributed by atoms with E-state index in [4.69, 9.17) is 14.9 Å². The first-order chi connectivity index (χ1) is 7.77. The second-order valence-electron chi connectivity index (χ2n) is 3.33. The molecule has 2 N–H and O–H groups in total. The number of fused-ring (bicyclic) bond motifs is 1. The second kappa shape index (κ2) is 4.37. The summed E-state index contributed by atoms with van der Waals surface area (Å²) < 4.78 is 10.4. The highest BCUT2D eigenvalue weighted by Gasteiger charge is 2.19. The predicted molar refractivity (Wildman–Crippen MR) is 60.1 cm³/mol. The third-order valence-electron chi connectivity index (χ3n) is 2.36. The quantitative estimate of drug-likeness (QED) is 0.802. The van der Waals surface area contributed by atoms with Gasteiger partial charge in [-0.15, -0.1) is 0 Å². The average Bonchev–Trinajstić information content (AvgIpc) is 2.67. The number of benzene rings is 1. The van der Waals surface area contributed by atoms with Crippen LogP contribution in [0.25, 0.3) is 11.0 Å². The monoisotopic (exact) mass is 219 g/mol. The van der Waals surface area contributed by atoms with Gasteiger partial charge in [0.2, 0.25) is 5.76 Å². The predicted octanol–water partition coefficient (Wildman–Crippen LogP) is 2.07. The zero-order valence-electron chi connectivity index (χ0n) is 9.03. The molecule has 0 fully saturated rings. The number of furan rings is 1. The Balaban J connectivity index is 2.56.